The van der Waals surface area contributed by atoms with Gasteiger partial charge < -0.3 is 15.4 Å². The number of hydrogen-bond donors (Lipinski definition) is 2. The summed E-state index contributed by atoms with van der Waals surface area (Å²) in [6.07, 6.45) is -2.65. The summed E-state index contributed by atoms with van der Waals surface area (Å²) in [6.45, 7) is 11.3. The summed E-state index contributed by atoms with van der Waals surface area (Å²) in [5, 5.41) is 5.87. The topological polar surface area (TPSA) is 70.7 Å². The van der Waals surface area contributed by atoms with Gasteiger partial charge in [0.1, 0.15) is 11.6 Å². The van der Waals surface area contributed by atoms with E-state index in [4.69, 9.17) is 4.74 Å². The molecule has 2 fully saturated rings. The first-order valence-corrected chi connectivity index (χ1v) is 12.4. The Labute approximate surface area is 206 Å². The van der Waals surface area contributed by atoms with E-state index in [2.05, 4.69) is 15.5 Å². The average Bonchev–Trinajstić information content (AvgIpc) is 3.26. The average molecular weight is 498 g/mol. The molecule has 0 bridgehead atoms. The number of alkyl halides is 3. The first-order valence-electron chi connectivity index (χ1n) is 12.4. The van der Waals surface area contributed by atoms with Crippen molar-refractivity contribution in [2.75, 3.05) is 13.1 Å². The zero-order valence-corrected chi connectivity index (χ0v) is 21.2. The molecule has 1 saturated carbocycles. The van der Waals surface area contributed by atoms with Crippen molar-refractivity contribution in [3.05, 3.63) is 35.4 Å². The van der Waals surface area contributed by atoms with Crippen LogP contribution in [0.1, 0.15) is 65.0 Å². The maximum Gasteiger partial charge on any atom is 0.416 e. The molecule has 35 heavy (non-hydrogen) atoms. The second-order valence-corrected chi connectivity index (χ2v) is 11.3. The molecule has 1 aromatic rings. The SMILES string of the molecule is CC(C)C[C@H](NC(=O)OC(C)(C)C)C(=O)NC1CCC2CN(Cc3cccc(C(F)(F)F)c3)CC21. The third-order valence-electron chi connectivity index (χ3n) is 6.64. The number of rotatable bonds is 7. The first kappa shape index (κ1) is 27.3. The molecule has 1 aliphatic carbocycles. The Hall–Kier alpha value is -2.29. The van der Waals surface area contributed by atoms with Crippen LogP contribution < -0.4 is 10.6 Å². The maximum atomic E-state index is 13.1. The van der Waals surface area contributed by atoms with E-state index < -0.39 is 29.5 Å². The monoisotopic (exact) mass is 497 g/mol. The molecule has 0 spiro atoms. The molecule has 196 valence electrons. The minimum atomic E-state index is -4.35. The first-order chi connectivity index (χ1) is 16.2. The van der Waals surface area contributed by atoms with E-state index in [1.54, 1.807) is 26.8 Å². The molecule has 3 unspecified atom stereocenters. The number of nitrogens with one attached hydrogen (secondary N) is 2. The Morgan fingerprint density at radius 2 is 1.86 bits per heavy atom. The number of hydrogen-bond acceptors (Lipinski definition) is 4. The molecule has 2 aliphatic rings. The lowest BCUT2D eigenvalue weighted by Gasteiger charge is -2.27. The zero-order chi connectivity index (χ0) is 26.0. The van der Waals surface area contributed by atoms with E-state index in [0.29, 0.717) is 24.4 Å². The van der Waals surface area contributed by atoms with Gasteiger partial charge in [0, 0.05) is 25.7 Å². The van der Waals surface area contributed by atoms with E-state index in [-0.39, 0.29) is 23.8 Å². The quantitative estimate of drug-likeness (QED) is 0.558. The number of ether oxygens (including phenoxy) is 1. The molecule has 0 radical (unpaired) electrons. The molecule has 1 saturated heterocycles. The highest BCUT2D eigenvalue weighted by atomic mass is 19.4. The number of fused-ring (bicyclic) bond motifs is 1. The van der Waals surface area contributed by atoms with E-state index in [1.807, 2.05) is 13.8 Å². The van der Waals surface area contributed by atoms with Gasteiger partial charge in [-0.1, -0.05) is 32.0 Å². The molecule has 1 aromatic carbocycles. The summed E-state index contributed by atoms with van der Waals surface area (Å²) in [7, 11) is 0. The van der Waals surface area contributed by atoms with Gasteiger partial charge in [0.25, 0.3) is 0 Å². The zero-order valence-electron chi connectivity index (χ0n) is 21.2. The number of carbonyl (C=O) groups excluding carboxylic acids is 2. The summed E-state index contributed by atoms with van der Waals surface area (Å²) in [5.74, 6) is 0.623. The van der Waals surface area contributed by atoms with Crippen molar-refractivity contribution in [3.63, 3.8) is 0 Å². The van der Waals surface area contributed by atoms with E-state index >= 15 is 0 Å². The molecule has 1 heterocycles. The lowest BCUT2D eigenvalue weighted by Crippen LogP contribution is -2.52. The molecule has 2 N–H and O–H groups in total. The fourth-order valence-electron chi connectivity index (χ4n) is 5.21. The number of benzene rings is 1. The third kappa shape index (κ3) is 7.85. The lowest BCUT2D eigenvalue weighted by atomic mass is 9.97. The van der Waals surface area contributed by atoms with E-state index in [1.165, 1.54) is 12.1 Å². The summed E-state index contributed by atoms with van der Waals surface area (Å²) < 4.78 is 44.5. The fraction of sp³-hybridized carbons (Fsp3) is 0.692. The number of amides is 2. The van der Waals surface area contributed by atoms with Gasteiger partial charge >= 0.3 is 12.3 Å². The van der Waals surface area contributed by atoms with Crippen molar-refractivity contribution in [2.45, 2.75) is 84.3 Å². The molecule has 1 aliphatic heterocycles. The summed E-state index contributed by atoms with van der Waals surface area (Å²) in [5.41, 5.74) is -0.652. The normalized spacial score (nSPS) is 23.7. The molecular weight excluding hydrogens is 459 g/mol. The second-order valence-electron chi connectivity index (χ2n) is 11.3. The predicted molar refractivity (Wildman–Crippen MR) is 127 cm³/mol. The van der Waals surface area contributed by atoms with Crippen molar-refractivity contribution in [1.29, 1.82) is 0 Å². The molecular formula is C26H38F3N3O3. The molecule has 2 amide bonds. The Kier molecular flexibility index (Phi) is 8.40. The van der Waals surface area contributed by atoms with E-state index in [9.17, 15) is 22.8 Å². The summed E-state index contributed by atoms with van der Waals surface area (Å²) in [4.78, 5) is 27.6. The highest BCUT2D eigenvalue weighted by Gasteiger charge is 2.43. The Balaban J connectivity index is 1.59. The van der Waals surface area contributed by atoms with Crippen molar-refractivity contribution in [1.82, 2.24) is 15.5 Å². The predicted octanol–water partition coefficient (Wildman–Crippen LogP) is 4.97. The van der Waals surface area contributed by atoms with Gasteiger partial charge in [-0.05, 0) is 69.4 Å². The van der Waals surface area contributed by atoms with Crippen LogP contribution in [0.4, 0.5) is 18.0 Å². The van der Waals surface area contributed by atoms with Gasteiger partial charge in [0.2, 0.25) is 5.91 Å². The van der Waals surface area contributed by atoms with Crippen LogP contribution in [0.25, 0.3) is 0 Å². The summed E-state index contributed by atoms with van der Waals surface area (Å²) in [6, 6.07) is 4.77. The minimum Gasteiger partial charge on any atom is -0.444 e. The fourth-order valence-corrected chi connectivity index (χ4v) is 5.21. The van der Waals surface area contributed by atoms with Gasteiger partial charge in [-0.25, -0.2) is 4.79 Å². The van der Waals surface area contributed by atoms with Gasteiger partial charge in [0.05, 0.1) is 5.56 Å². The van der Waals surface area contributed by atoms with Gasteiger partial charge in [-0.2, -0.15) is 13.2 Å². The van der Waals surface area contributed by atoms with Crippen LogP contribution in [0.5, 0.6) is 0 Å². The van der Waals surface area contributed by atoms with Crippen LogP contribution >= 0.6 is 0 Å². The van der Waals surface area contributed by atoms with Crippen molar-refractivity contribution in [3.8, 4) is 0 Å². The number of alkyl carbamates (subject to hydrolysis) is 1. The smallest absolute Gasteiger partial charge is 0.416 e. The largest absolute Gasteiger partial charge is 0.444 e. The number of nitrogens with zero attached hydrogens (tertiary/aromatic N) is 1. The number of carbonyl (C=O) groups is 2. The van der Waals surface area contributed by atoms with Gasteiger partial charge in [-0.15, -0.1) is 0 Å². The van der Waals surface area contributed by atoms with Crippen molar-refractivity contribution in [2.24, 2.45) is 17.8 Å². The standard InChI is InChI=1S/C26H38F3N3O3/c1-16(2)11-22(31-24(34)35-25(3,4)5)23(33)30-21-10-9-18-14-32(15-20(18)21)13-17-7-6-8-19(12-17)26(27,28)29/h6-8,12,16,18,20-22H,9-11,13-15H2,1-5H3,(H,30,33)(H,31,34)/t18?,20?,21?,22-/m0/s1. The molecule has 3 rings (SSSR count). The van der Waals surface area contributed by atoms with Crippen LogP contribution in [0.3, 0.4) is 0 Å². The van der Waals surface area contributed by atoms with Crippen LogP contribution in [-0.2, 0) is 22.3 Å². The molecule has 4 atom stereocenters. The lowest BCUT2D eigenvalue weighted by molar-refractivity contribution is -0.137. The molecule has 9 heteroatoms. The number of halogens is 3. The highest BCUT2D eigenvalue weighted by Crippen LogP contribution is 2.39. The Morgan fingerprint density at radius 3 is 2.49 bits per heavy atom. The van der Waals surface area contributed by atoms with Crippen LogP contribution in [0.15, 0.2) is 24.3 Å². The molecule has 0 aromatic heterocycles. The van der Waals surface area contributed by atoms with Gasteiger partial charge in [-0.3, -0.25) is 9.69 Å². The van der Waals surface area contributed by atoms with Crippen LogP contribution in [0, 0.1) is 17.8 Å². The second kappa shape index (κ2) is 10.8. The molecule has 6 nitrogen and oxygen atoms in total. The van der Waals surface area contributed by atoms with Crippen LogP contribution in [-0.4, -0.2) is 47.7 Å². The Morgan fingerprint density at radius 1 is 1.14 bits per heavy atom. The maximum absolute atomic E-state index is 13.1. The third-order valence-corrected chi connectivity index (χ3v) is 6.64. The van der Waals surface area contributed by atoms with Crippen molar-refractivity contribution < 1.29 is 27.5 Å². The number of likely N-dealkylation sites (tertiary alicyclic amines) is 1. The minimum absolute atomic E-state index is 0.0193. The Bertz CT molecular complexity index is 898. The van der Waals surface area contributed by atoms with Crippen molar-refractivity contribution >= 4 is 12.0 Å². The summed E-state index contributed by atoms with van der Waals surface area (Å²) >= 11 is 0. The van der Waals surface area contributed by atoms with Gasteiger partial charge in [0.15, 0.2) is 0 Å². The van der Waals surface area contributed by atoms with Crippen LogP contribution in [0.2, 0.25) is 0 Å². The van der Waals surface area contributed by atoms with E-state index in [0.717, 1.165) is 32.0 Å². The highest BCUT2D eigenvalue weighted by molar-refractivity contribution is 5.86.